The number of nitrogens with zero attached hydrogens (tertiary/aromatic N) is 2. The molecule has 1 aromatic heterocycles. The summed E-state index contributed by atoms with van der Waals surface area (Å²) < 4.78 is 1.13. The Hall–Kier alpha value is -0.610. The van der Waals surface area contributed by atoms with Gasteiger partial charge in [0.1, 0.15) is 5.82 Å². The fraction of sp³-hybridized carbons (Fsp3) is 0.643. The zero-order valence-electron chi connectivity index (χ0n) is 11.0. The third-order valence-corrected chi connectivity index (χ3v) is 4.95. The van der Waals surface area contributed by atoms with Crippen LogP contribution in [-0.2, 0) is 0 Å². The predicted octanol–water partition coefficient (Wildman–Crippen LogP) is 2.59. The highest BCUT2D eigenvalue weighted by atomic mass is 79.9. The van der Waals surface area contributed by atoms with Gasteiger partial charge in [0.05, 0.1) is 4.47 Å². The van der Waals surface area contributed by atoms with Crippen molar-refractivity contribution in [1.82, 2.24) is 10.3 Å². The number of pyridine rings is 1. The largest absolute Gasteiger partial charge is 0.352 e. The van der Waals surface area contributed by atoms with E-state index in [0.29, 0.717) is 6.04 Å². The highest BCUT2D eigenvalue weighted by Gasteiger charge is 2.44. The van der Waals surface area contributed by atoms with Gasteiger partial charge < -0.3 is 10.2 Å². The first-order chi connectivity index (χ1) is 8.70. The van der Waals surface area contributed by atoms with Crippen LogP contribution < -0.4 is 10.2 Å². The van der Waals surface area contributed by atoms with E-state index in [0.717, 1.165) is 28.7 Å². The highest BCUT2D eigenvalue weighted by molar-refractivity contribution is 9.10. The SMILES string of the molecule is CCC1C2CNCC2CN1c1ncc(C)cc1Br. The van der Waals surface area contributed by atoms with Crippen LogP contribution in [0.3, 0.4) is 0 Å². The van der Waals surface area contributed by atoms with E-state index >= 15 is 0 Å². The number of nitrogens with one attached hydrogen (secondary N) is 1. The van der Waals surface area contributed by atoms with Gasteiger partial charge in [-0.25, -0.2) is 4.98 Å². The molecule has 1 N–H and O–H groups in total. The zero-order valence-corrected chi connectivity index (χ0v) is 12.6. The molecule has 2 aliphatic heterocycles. The Balaban J connectivity index is 1.91. The van der Waals surface area contributed by atoms with E-state index in [1.165, 1.54) is 25.1 Å². The molecule has 0 spiro atoms. The number of hydrogen-bond acceptors (Lipinski definition) is 3. The van der Waals surface area contributed by atoms with Crippen LogP contribution in [0.15, 0.2) is 16.7 Å². The van der Waals surface area contributed by atoms with Gasteiger partial charge in [0.15, 0.2) is 0 Å². The minimum Gasteiger partial charge on any atom is -0.352 e. The lowest BCUT2D eigenvalue weighted by atomic mass is 9.93. The van der Waals surface area contributed by atoms with Gasteiger partial charge in [0.25, 0.3) is 0 Å². The number of hydrogen-bond donors (Lipinski definition) is 1. The van der Waals surface area contributed by atoms with E-state index in [-0.39, 0.29) is 0 Å². The molecule has 2 saturated heterocycles. The van der Waals surface area contributed by atoms with Crippen molar-refractivity contribution in [2.24, 2.45) is 11.8 Å². The molecule has 0 radical (unpaired) electrons. The second kappa shape index (κ2) is 4.82. The molecule has 3 rings (SSSR count). The molecule has 2 fully saturated rings. The lowest BCUT2D eigenvalue weighted by molar-refractivity contribution is 0.441. The quantitative estimate of drug-likeness (QED) is 0.910. The molecule has 1 aromatic rings. The van der Waals surface area contributed by atoms with Crippen LogP contribution in [0.25, 0.3) is 0 Å². The third kappa shape index (κ3) is 1.95. The molecule has 3 unspecified atom stereocenters. The normalized spacial score (nSPS) is 30.8. The molecule has 0 amide bonds. The summed E-state index contributed by atoms with van der Waals surface area (Å²) in [6.45, 7) is 7.86. The molecule has 98 valence electrons. The summed E-state index contributed by atoms with van der Waals surface area (Å²) in [6, 6.07) is 2.80. The standard InChI is InChI=1S/C14H20BrN3/c1-3-13-11-7-16-6-10(11)8-18(13)14-12(15)4-9(2)5-17-14/h4-5,10-11,13,16H,3,6-8H2,1-2H3. The number of anilines is 1. The zero-order chi connectivity index (χ0) is 12.7. The van der Waals surface area contributed by atoms with E-state index in [4.69, 9.17) is 0 Å². The Morgan fingerprint density at radius 1 is 1.50 bits per heavy atom. The number of rotatable bonds is 2. The molecule has 4 heteroatoms. The minimum atomic E-state index is 0.636. The minimum absolute atomic E-state index is 0.636. The van der Waals surface area contributed by atoms with Gasteiger partial charge in [-0.05, 0) is 52.7 Å². The molecule has 0 aromatic carbocycles. The Morgan fingerprint density at radius 2 is 2.33 bits per heavy atom. The Kier molecular flexibility index (Phi) is 3.32. The maximum Gasteiger partial charge on any atom is 0.143 e. The maximum absolute atomic E-state index is 4.64. The number of aromatic nitrogens is 1. The monoisotopic (exact) mass is 309 g/mol. The molecular formula is C14H20BrN3. The van der Waals surface area contributed by atoms with Gasteiger partial charge in [-0.15, -0.1) is 0 Å². The van der Waals surface area contributed by atoms with Gasteiger partial charge in [-0.2, -0.15) is 0 Å². The molecule has 3 heterocycles. The van der Waals surface area contributed by atoms with Gasteiger partial charge in [-0.1, -0.05) is 6.92 Å². The summed E-state index contributed by atoms with van der Waals surface area (Å²) in [6.07, 6.45) is 3.17. The molecule has 0 bridgehead atoms. The van der Waals surface area contributed by atoms with Crippen molar-refractivity contribution in [3.05, 3.63) is 22.3 Å². The molecular weight excluding hydrogens is 290 g/mol. The molecule has 3 atom stereocenters. The van der Waals surface area contributed by atoms with Gasteiger partial charge in [0.2, 0.25) is 0 Å². The lowest BCUT2D eigenvalue weighted by Gasteiger charge is -2.28. The Labute approximate surface area is 117 Å². The summed E-state index contributed by atoms with van der Waals surface area (Å²) in [5.74, 6) is 2.72. The van der Waals surface area contributed by atoms with Gasteiger partial charge in [0, 0.05) is 31.9 Å². The van der Waals surface area contributed by atoms with E-state index in [1.807, 2.05) is 6.20 Å². The average Bonchev–Trinajstić information content (AvgIpc) is 2.88. The molecule has 2 aliphatic rings. The fourth-order valence-corrected chi connectivity index (χ4v) is 4.22. The molecule has 0 aliphatic carbocycles. The van der Waals surface area contributed by atoms with Crippen LogP contribution in [0.1, 0.15) is 18.9 Å². The van der Waals surface area contributed by atoms with Crippen molar-refractivity contribution in [3.63, 3.8) is 0 Å². The first-order valence-electron chi connectivity index (χ1n) is 6.80. The second-order valence-corrected chi connectivity index (χ2v) is 6.38. The summed E-state index contributed by atoms with van der Waals surface area (Å²) in [5, 5.41) is 3.53. The predicted molar refractivity (Wildman–Crippen MR) is 77.9 cm³/mol. The summed E-state index contributed by atoms with van der Waals surface area (Å²) in [4.78, 5) is 7.16. The van der Waals surface area contributed by atoms with Crippen molar-refractivity contribution < 1.29 is 0 Å². The summed E-state index contributed by atoms with van der Waals surface area (Å²) in [5.41, 5.74) is 1.21. The summed E-state index contributed by atoms with van der Waals surface area (Å²) in [7, 11) is 0. The summed E-state index contributed by atoms with van der Waals surface area (Å²) >= 11 is 3.67. The number of fused-ring (bicyclic) bond motifs is 1. The Morgan fingerprint density at radius 3 is 3.06 bits per heavy atom. The number of halogens is 1. The van der Waals surface area contributed by atoms with Crippen molar-refractivity contribution in [2.75, 3.05) is 24.5 Å². The highest BCUT2D eigenvalue weighted by Crippen LogP contribution is 2.39. The van der Waals surface area contributed by atoms with Gasteiger partial charge in [-0.3, -0.25) is 0 Å². The van der Waals surface area contributed by atoms with E-state index in [2.05, 4.69) is 51.0 Å². The van der Waals surface area contributed by atoms with Crippen LogP contribution >= 0.6 is 15.9 Å². The average molecular weight is 310 g/mol. The second-order valence-electron chi connectivity index (χ2n) is 5.53. The molecule has 0 saturated carbocycles. The van der Waals surface area contributed by atoms with Crippen molar-refractivity contribution in [3.8, 4) is 0 Å². The van der Waals surface area contributed by atoms with E-state index < -0.39 is 0 Å². The number of aryl methyl sites for hydroxylation is 1. The third-order valence-electron chi connectivity index (χ3n) is 4.37. The molecule has 18 heavy (non-hydrogen) atoms. The maximum atomic E-state index is 4.64. The van der Waals surface area contributed by atoms with Crippen LogP contribution in [0.4, 0.5) is 5.82 Å². The first-order valence-corrected chi connectivity index (χ1v) is 7.59. The van der Waals surface area contributed by atoms with E-state index in [9.17, 15) is 0 Å². The van der Waals surface area contributed by atoms with Crippen LogP contribution in [-0.4, -0.2) is 30.7 Å². The van der Waals surface area contributed by atoms with Crippen molar-refractivity contribution >= 4 is 21.7 Å². The van der Waals surface area contributed by atoms with Crippen molar-refractivity contribution in [1.29, 1.82) is 0 Å². The first kappa shape index (κ1) is 12.4. The van der Waals surface area contributed by atoms with Crippen LogP contribution in [0, 0.1) is 18.8 Å². The lowest BCUT2D eigenvalue weighted by Crippen LogP contribution is -2.35. The Bertz CT molecular complexity index is 449. The smallest absolute Gasteiger partial charge is 0.143 e. The fourth-order valence-electron chi connectivity index (χ4n) is 3.53. The van der Waals surface area contributed by atoms with E-state index in [1.54, 1.807) is 0 Å². The topological polar surface area (TPSA) is 28.2 Å². The molecule has 3 nitrogen and oxygen atoms in total. The van der Waals surface area contributed by atoms with Crippen LogP contribution in [0.2, 0.25) is 0 Å². The van der Waals surface area contributed by atoms with Crippen LogP contribution in [0.5, 0.6) is 0 Å². The van der Waals surface area contributed by atoms with Crippen molar-refractivity contribution in [2.45, 2.75) is 26.3 Å². The van der Waals surface area contributed by atoms with Gasteiger partial charge >= 0.3 is 0 Å².